The van der Waals surface area contributed by atoms with Crippen molar-refractivity contribution in [3.63, 3.8) is 0 Å². The van der Waals surface area contributed by atoms with Crippen LogP contribution >= 0.6 is 11.3 Å². The number of benzene rings is 1. The van der Waals surface area contributed by atoms with Gasteiger partial charge in [-0.05, 0) is 47.9 Å². The zero-order chi connectivity index (χ0) is 13.4. The summed E-state index contributed by atoms with van der Waals surface area (Å²) in [6, 6.07) is 11.2. The van der Waals surface area contributed by atoms with Crippen LogP contribution in [0.25, 0.3) is 0 Å². The van der Waals surface area contributed by atoms with Gasteiger partial charge in [0.25, 0.3) is 0 Å². The smallest absolute Gasteiger partial charge is 0.0646 e. The van der Waals surface area contributed by atoms with Crippen molar-refractivity contribution in [3.05, 3.63) is 56.8 Å². The van der Waals surface area contributed by atoms with Gasteiger partial charge < -0.3 is 5.73 Å². The lowest BCUT2D eigenvalue weighted by molar-refractivity contribution is 0.853. The van der Waals surface area contributed by atoms with Gasteiger partial charge in [0.2, 0.25) is 0 Å². The van der Waals surface area contributed by atoms with Crippen molar-refractivity contribution in [1.29, 1.82) is 0 Å². The fourth-order valence-corrected chi connectivity index (χ4v) is 4.05. The van der Waals surface area contributed by atoms with E-state index in [2.05, 4.69) is 44.2 Å². The van der Waals surface area contributed by atoms with Crippen molar-refractivity contribution in [2.45, 2.75) is 45.1 Å². The van der Waals surface area contributed by atoms with Gasteiger partial charge in [-0.25, -0.2) is 0 Å². The average Bonchev–Trinajstić information content (AvgIpc) is 2.98. The first-order chi connectivity index (χ1) is 9.15. The second-order valence-electron chi connectivity index (χ2n) is 5.75. The van der Waals surface area contributed by atoms with Crippen LogP contribution in [0.5, 0.6) is 0 Å². The molecule has 19 heavy (non-hydrogen) atoms. The Hall–Kier alpha value is -1.12. The first kappa shape index (κ1) is 12.9. The van der Waals surface area contributed by atoms with Gasteiger partial charge in [-0.3, -0.25) is 0 Å². The van der Waals surface area contributed by atoms with Crippen LogP contribution in [-0.2, 0) is 12.8 Å². The molecule has 0 spiro atoms. The number of thiophene rings is 1. The summed E-state index contributed by atoms with van der Waals surface area (Å²) in [7, 11) is 0. The largest absolute Gasteiger partial charge is 0.320 e. The fraction of sp³-hybridized carbons (Fsp3) is 0.412. The van der Waals surface area contributed by atoms with Crippen LogP contribution in [-0.4, -0.2) is 0 Å². The Balaban J connectivity index is 1.84. The quantitative estimate of drug-likeness (QED) is 0.879. The monoisotopic (exact) mass is 271 g/mol. The Morgan fingerprint density at radius 3 is 2.37 bits per heavy atom. The molecule has 2 heteroatoms. The van der Waals surface area contributed by atoms with Crippen molar-refractivity contribution >= 4 is 11.3 Å². The van der Waals surface area contributed by atoms with Crippen molar-refractivity contribution in [3.8, 4) is 0 Å². The van der Waals surface area contributed by atoms with Crippen molar-refractivity contribution in [1.82, 2.24) is 0 Å². The van der Waals surface area contributed by atoms with Crippen molar-refractivity contribution < 1.29 is 0 Å². The maximum absolute atomic E-state index is 6.41. The zero-order valence-electron chi connectivity index (χ0n) is 11.6. The third-order valence-corrected chi connectivity index (χ3v) is 5.35. The van der Waals surface area contributed by atoms with Gasteiger partial charge in [0.1, 0.15) is 0 Å². The van der Waals surface area contributed by atoms with E-state index < -0.39 is 0 Å². The third-order valence-electron chi connectivity index (χ3n) is 4.03. The Morgan fingerprint density at radius 1 is 1.05 bits per heavy atom. The van der Waals surface area contributed by atoms with Gasteiger partial charge in [-0.2, -0.15) is 0 Å². The summed E-state index contributed by atoms with van der Waals surface area (Å²) in [6.45, 7) is 4.44. The number of aryl methyl sites for hydroxylation is 2. The number of hydrogen-bond donors (Lipinski definition) is 1. The second kappa shape index (κ2) is 5.10. The van der Waals surface area contributed by atoms with Gasteiger partial charge in [-0.15, -0.1) is 11.3 Å². The molecule has 2 N–H and O–H groups in total. The maximum Gasteiger partial charge on any atom is 0.0646 e. The molecular formula is C17H21NS. The molecule has 0 aliphatic heterocycles. The van der Waals surface area contributed by atoms with Crippen LogP contribution in [0.3, 0.4) is 0 Å². The Kier molecular flexibility index (Phi) is 3.46. The van der Waals surface area contributed by atoms with E-state index in [1.165, 1.54) is 40.8 Å². The van der Waals surface area contributed by atoms with Gasteiger partial charge in [0, 0.05) is 9.75 Å². The van der Waals surface area contributed by atoms with E-state index in [-0.39, 0.29) is 6.04 Å². The van der Waals surface area contributed by atoms with Crippen molar-refractivity contribution in [2.75, 3.05) is 0 Å². The minimum atomic E-state index is 0.0387. The number of fused-ring (bicyclic) bond motifs is 1. The van der Waals surface area contributed by atoms with Gasteiger partial charge in [0.05, 0.1) is 6.04 Å². The summed E-state index contributed by atoms with van der Waals surface area (Å²) in [6.07, 6.45) is 3.81. The number of rotatable bonds is 3. The number of hydrogen-bond acceptors (Lipinski definition) is 2. The average molecular weight is 271 g/mol. The second-order valence-corrected chi connectivity index (χ2v) is 6.92. The maximum atomic E-state index is 6.41. The van der Waals surface area contributed by atoms with E-state index in [9.17, 15) is 0 Å². The fourth-order valence-electron chi connectivity index (χ4n) is 2.76. The SMILES string of the molecule is CC(C)c1ccc(C(N)c2cc3c(s2)CCC3)cc1. The van der Waals surface area contributed by atoms with Gasteiger partial charge >= 0.3 is 0 Å². The molecule has 0 amide bonds. The van der Waals surface area contributed by atoms with Gasteiger partial charge in [-0.1, -0.05) is 38.1 Å². The highest BCUT2D eigenvalue weighted by atomic mass is 32.1. The molecular weight excluding hydrogens is 250 g/mol. The van der Waals surface area contributed by atoms with Crippen LogP contribution in [0.2, 0.25) is 0 Å². The van der Waals surface area contributed by atoms with E-state index in [0.717, 1.165) is 0 Å². The molecule has 100 valence electrons. The summed E-state index contributed by atoms with van der Waals surface area (Å²) in [5, 5.41) is 0. The van der Waals surface area contributed by atoms with Crippen LogP contribution in [0, 0.1) is 0 Å². The van der Waals surface area contributed by atoms with Crippen molar-refractivity contribution in [2.24, 2.45) is 5.73 Å². The summed E-state index contributed by atoms with van der Waals surface area (Å²) in [5.74, 6) is 0.579. The molecule has 1 aliphatic carbocycles. The Bertz CT molecular complexity index is 544. The first-order valence-electron chi connectivity index (χ1n) is 7.12. The van der Waals surface area contributed by atoms with E-state index in [1.807, 2.05) is 11.3 Å². The zero-order valence-corrected chi connectivity index (χ0v) is 12.5. The molecule has 3 rings (SSSR count). The molecule has 1 atom stereocenters. The Labute approximate surface area is 119 Å². The predicted octanol–water partition coefficient (Wildman–Crippen LogP) is 4.41. The molecule has 0 saturated carbocycles. The Morgan fingerprint density at radius 2 is 1.74 bits per heavy atom. The highest BCUT2D eigenvalue weighted by molar-refractivity contribution is 7.12. The summed E-state index contributed by atoms with van der Waals surface area (Å²) in [4.78, 5) is 2.88. The molecule has 0 bridgehead atoms. The van der Waals surface area contributed by atoms with E-state index >= 15 is 0 Å². The highest BCUT2D eigenvalue weighted by Gasteiger charge is 2.19. The lowest BCUT2D eigenvalue weighted by atomic mass is 9.98. The lowest BCUT2D eigenvalue weighted by Crippen LogP contribution is -2.10. The van der Waals surface area contributed by atoms with Gasteiger partial charge in [0.15, 0.2) is 0 Å². The molecule has 1 aromatic heterocycles. The van der Waals surface area contributed by atoms with E-state index in [1.54, 1.807) is 4.88 Å². The molecule has 1 heterocycles. The lowest BCUT2D eigenvalue weighted by Gasteiger charge is -2.12. The molecule has 1 nitrogen and oxygen atoms in total. The molecule has 0 fully saturated rings. The molecule has 2 aromatic rings. The molecule has 1 aromatic carbocycles. The topological polar surface area (TPSA) is 26.0 Å². The van der Waals surface area contributed by atoms with Crippen LogP contribution in [0.15, 0.2) is 30.3 Å². The summed E-state index contributed by atoms with van der Waals surface area (Å²) >= 11 is 1.91. The highest BCUT2D eigenvalue weighted by Crippen LogP contribution is 2.35. The predicted molar refractivity (Wildman–Crippen MR) is 82.9 cm³/mol. The minimum Gasteiger partial charge on any atom is -0.320 e. The molecule has 1 unspecified atom stereocenters. The summed E-state index contributed by atoms with van der Waals surface area (Å²) in [5.41, 5.74) is 10.6. The normalized spacial score (nSPS) is 15.8. The molecule has 0 radical (unpaired) electrons. The van der Waals surface area contributed by atoms with Crippen LogP contribution < -0.4 is 5.73 Å². The molecule has 1 aliphatic rings. The minimum absolute atomic E-state index is 0.0387. The number of nitrogens with two attached hydrogens (primary N) is 1. The van der Waals surface area contributed by atoms with E-state index in [0.29, 0.717) is 5.92 Å². The van der Waals surface area contributed by atoms with Crippen LogP contribution in [0.4, 0.5) is 0 Å². The first-order valence-corrected chi connectivity index (χ1v) is 7.93. The summed E-state index contributed by atoms with van der Waals surface area (Å²) < 4.78 is 0. The third kappa shape index (κ3) is 2.47. The van der Waals surface area contributed by atoms with E-state index in [4.69, 9.17) is 5.73 Å². The van der Waals surface area contributed by atoms with Crippen LogP contribution in [0.1, 0.15) is 58.7 Å². The standard InChI is InChI=1S/C17H21NS/c1-11(2)12-6-8-13(9-7-12)17(18)16-10-14-4-3-5-15(14)19-16/h6-11,17H,3-5,18H2,1-2H3. The molecule has 0 saturated heterocycles.